The summed E-state index contributed by atoms with van der Waals surface area (Å²) >= 11 is 0. The van der Waals surface area contributed by atoms with Crippen molar-refractivity contribution in [3.8, 4) is 11.4 Å². The fourth-order valence-corrected chi connectivity index (χ4v) is 2.96. The van der Waals surface area contributed by atoms with E-state index in [1.54, 1.807) is 0 Å². The number of primary sulfonamides is 1. The van der Waals surface area contributed by atoms with Crippen molar-refractivity contribution in [2.24, 2.45) is 5.14 Å². The van der Waals surface area contributed by atoms with Crippen LogP contribution in [-0.2, 0) is 14.8 Å². The average Bonchev–Trinajstić information content (AvgIpc) is 3.03. The predicted molar refractivity (Wildman–Crippen MR) is 68.5 cm³/mol. The van der Waals surface area contributed by atoms with E-state index in [-0.39, 0.29) is 5.89 Å². The lowest BCUT2D eigenvalue weighted by Crippen LogP contribution is -2.28. The lowest BCUT2D eigenvalue weighted by Gasteiger charge is -2.05. The molecule has 100 valence electrons. The topological polar surface area (TPSA) is 99.1 Å². The van der Waals surface area contributed by atoms with Crippen LogP contribution in [0.15, 0.2) is 28.8 Å². The zero-order valence-corrected chi connectivity index (χ0v) is 11.1. The molecule has 0 aliphatic heterocycles. The summed E-state index contributed by atoms with van der Waals surface area (Å²) in [6.45, 7) is 1.98. The summed E-state index contributed by atoms with van der Waals surface area (Å²) in [4.78, 5) is 4.17. The van der Waals surface area contributed by atoms with Crippen molar-refractivity contribution in [2.75, 3.05) is 0 Å². The van der Waals surface area contributed by atoms with Crippen LogP contribution in [-0.4, -0.2) is 18.6 Å². The largest absolute Gasteiger partial charge is 0.337 e. The van der Waals surface area contributed by atoms with Gasteiger partial charge in [-0.15, -0.1) is 0 Å². The van der Waals surface area contributed by atoms with Crippen molar-refractivity contribution in [2.45, 2.75) is 24.5 Å². The molecular weight excluding hydrogens is 266 g/mol. The zero-order valence-electron chi connectivity index (χ0n) is 10.3. The standard InChI is InChI=1S/C12H13N3O3S/c1-8-2-4-9(5-3-8)10-14-11(18-15-10)12(6-7-12)19(13,16)17/h2-5H,6-7H2,1H3,(H2,13,16,17). The molecule has 7 heteroatoms. The Morgan fingerprint density at radius 1 is 1.26 bits per heavy atom. The molecule has 2 N–H and O–H groups in total. The maximum absolute atomic E-state index is 11.6. The van der Waals surface area contributed by atoms with Crippen LogP contribution >= 0.6 is 0 Å². The second-order valence-corrected chi connectivity index (χ2v) is 6.70. The first-order chi connectivity index (χ1) is 8.92. The molecule has 6 nitrogen and oxygen atoms in total. The van der Waals surface area contributed by atoms with Crippen molar-refractivity contribution in [1.82, 2.24) is 10.1 Å². The third-order valence-electron chi connectivity index (χ3n) is 3.37. The van der Waals surface area contributed by atoms with Crippen LogP contribution in [0, 0.1) is 6.92 Å². The van der Waals surface area contributed by atoms with E-state index >= 15 is 0 Å². The molecule has 0 unspecified atom stereocenters. The van der Waals surface area contributed by atoms with E-state index in [1.807, 2.05) is 31.2 Å². The third-order valence-corrected chi connectivity index (χ3v) is 5.05. The molecule has 1 fully saturated rings. The van der Waals surface area contributed by atoms with E-state index in [4.69, 9.17) is 9.66 Å². The number of aromatic nitrogens is 2. The second kappa shape index (κ2) is 3.88. The summed E-state index contributed by atoms with van der Waals surface area (Å²) in [5.41, 5.74) is 1.90. The Balaban J connectivity index is 1.99. The summed E-state index contributed by atoms with van der Waals surface area (Å²) in [6.07, 6.45) is 0.864. The van der Waals surface area contributed by atoms with Gasteiger partial charge in [0.15, 0.2) is 4.75 Å². The van der Waals surface area contributed by atoms with Gasteiger partial charge in [0, 0.05) is 5.56 Å². The number of nitrogens with zero attached hydrogens (tertiary/aromatic N) is 2. The fourth-order valence-electron chi connectivity index (χ4n) is 1.96. The monoisotopic (exact) mass is 279 g/mol. The highest BCUT2D eigenvalue weighted by atomic mass is 32.2. The van der Waals surface area contributed by atoms with Crippen LogP contribution in [0.1, 0.15) is 24.3 Å². The lowest BCUT2D eigenvalue weighted by atomic mass is 10.1. The molecule has 3 rings (SSSR count). The van der Waals surface area contributed by atoms with Crippen LogP contribution in [0.4, 0.5) is 0 Å². The van der Waals surface area contributed by atoms with Gasteiger partial charge in [0.05, 0.1) is 0 Å². The number of rotatable bonds is 3. The first-order valence-electron chi connectivity index (χ1n) is 5.86. The number of hydrogen-bond donors (Lipinski definition) is 1. The average molecular weight is 279 g/mol. The highest BCUT2D eigenvalue weighted by molar-refractivity contribution is 7.90. The summed E-state index contributed by atoms with van der Waals surface area (Å²) in [5, 5.41) is 9.05. The third kappa shape index (κ3) is 1.95. The Morgan fingerprint density at radius 2 is 1.89 bits per heavy atom. The fraction of sp³-hybridized carbons (Fsp3) is 0.333. The maximum atomic E-state index is 11.6. The van der Waals surface area contributed by atoms with Gasteiger partial charge in [0.1, 0.15) is 0 Å². The van der Waals surface area contributed by atoms with Crippen molar-refractivity contribution in [3.05, 3.63) is 35.7 Å². The molecule has 0 saturated heterocycles. The Morgan fingerprint density at radius 3 is 2.42 bits per heavy atom. The second-order valence-electron chi connectivity index (χ2n) is 4.83. The minimum atomic E-state index is -3.72. The molecule has 0 bridgehead atoms. The van der Waals surface area contributed by atoms with Crippen LogP contribution < -0.4 is 5.14 Å². The Kier molecular flexibility index (Phi) is 2.51. The molecule has 0 atom stereocenters. The maximum Gasteiger partial charge on any atom is 0.249 e. The lowest BCUT2D eigenvalue weighted by molar-refractivity contribution is 0.368. The van der Waals surface area contributed by atoms with Gasteiger partial charge < -0.3 is 4.52 Å². The predicted octanol–water partition coefficient (Wildman–Crippen LogP) is 1.32. The van der Waals surface area contributed by atoms with E-state index in [1.165, 1.54) is 0 Å². The molecule has 0 spiro atoms. The van der Waals surface area contributed by atoms with E-state index in [9.17, 15) is 8.42 Å². The van der Waals surface area contributed by atoms with Crippen LogP contribution in [0.2, 0.25) is 0 Å². The summed E-state index contributed by atoms with van der Waals surface area (Å²) in [6, 6.07) is 7.58. The summed E-state index contributed by atoms with van der Waals surface area (Å²) < 4.78 is 27.0. The van der Waals surface area contributed by atoms with Gasteiger partial charge in [-0.05, 0) is 19.8 Å². The molecule has 1 heterocycles. The molecule has 19 heavy (non-hydrogen) atoms. The zero-order chi connectivity index (χ0) is 13.7. The smallest absolute Gasteiger partial charge is 0.249 e. The summed E-state index contributed by atoms with van der Waals surface area (Å²) in [5.74, 6) is 0.468. The number of hydrogen-bond acceptors (Lipinski definition) is 5. The minimum absolute atomic E-state index is 0.0885. The van der Waals surface area contributed by atoms with Crippen molar-refractivity contribution in [3.63, 3.8) is 0 Å². The SMILES string of the molecule is Cc1ccc(-c2noc(C3(S(N)(=O)=O)CC3)n2)cc1. The van der Waals surface area contributed by atoms with E-state index in [2.05, 4.69) is 10.1 Å². The first kappa shape index (κ1) is 12.3. The van der Waals surface area contributed by atoms with E-state index in [0.29, 0.717) is 18.7 Å². The van der Waals surface area contributed by atoms with Gasteiger partial charge in [-0.3, -0.25) is 0 Å². The molecule has 1 aromatic heterocycles. The Hall–Kier alpha value is -1.73. The number of aryl methyl sites for hydroxylation is 1. The van der Waals surface area contributed by atoms with Gasteiger partial charge in [-0.1, -0.05) is 35.0 Å². The van der Waals surface area contributed by atoms with Crippen molar-refractivity contribution >= 4 is 10.0 Å². The quantitative estimate of drug-likeness (QED) is 0.913. The molecule has 1 aliphatic rings. The van der Waals surface area contributed by atoms with Crippen molar-refractivity contribution in [1.29, 1.82) is 0 Å². The molecule has 0 radical (unpaired) electrons. The molecule has 1 aliphatic carbocycles. The van der Waals surface area contributed by atoms with Crippen molar-refractivity contribution < 1.29 is 12.9 Å². The van der Waals surface area contributed by atoms with Crippen LogP contribution in [0.5, 0.6) is 0 Å². The normalized spacial score (nSPS) is 17.4. The Labute approximate surface area is 110 Å². The first-order valence-corrected chi connectivity index (χ1v) is 7.41. The van der Waals surface area contributed by atoms with Gasteiger partial charge in [-0.2, -0.15) is 4.98 Å². The molecule has 1 aromatic carbocycles. The number of benzene rings is 1. The van der Waals surface area contributed by atoms with Gasteiger partial charge in [0.2, 0.25) is 21.7 Å². The minimum Gasteiger partial charge on any atom is -0.337 e. The van der Waals surface area contributed by atoms with E-state index in [0.717, 1.165) is 11.1 Å². The highest BCUT2D eigenvalue weighted by Crippen LogP contribution is 2.50. The van der Waals surface area contributed by atoms with Crippen LogP contribution in [0.25, 0.3) is 11.4 Å². The van der Waals surface area contributed by atoms with Gasteiger partial charge >= 0.3 is 0 Å². The summed E-state index contributed by atoms with van der Waals surface area (Å²) in [7, 11) is -3.72. The molecule has 0 amide bonds. The van der Waals surface area contributed by atoms with Gasteiger partial charge in [0.25, 0.3) is 0 Å². The number of sulfonamides is 1. The van der Waals surface area contributed by atoms with E-state index < -0.39 is 14.8 Å². The number of nitrogens with two attached hydrogens (primary N) is 1. The van der Waals surface area contributed by atoms with Crippen LogP contribution in [0.3, 0.4) is 0 Å². The Bertz CT molecular complexity index is 715. The molecule has 1 saturated carbocycles. The highest BCUT2D eigenvalue weighted by Gasteiger charge is 2.59. The molecular formula is C12H13N3O3S. The van der Waals surface area contributed by atoms with Gasteiger partial charge in [-0.25, -0.2) is 13.6 Å². The molecule has 2 aromatic rings.